The van der Waals surface area contributed by atoms with E-state index in [9.17, 15) is 27.9 Å². The van der Waals surface area contributed by atoms with Crippen LogP contribution >= 0.6 is 0 Å². The first kappa shape index (κ1) is 25.0. The average molecular weight is 454 g/mol. The molecule has 0 aliphatic carbocycles. The molecule has 1 aromatic heterocycles. The maximum absolute atomic E-state index is 12.8. The van der Waals surface area contributed by atoms with Crippen molar-refractivity contribution in [1.29, 1.82) is 0 Å². The summed E-state index contributed by atoms with van der Waals surface area (Å²) in [5.41, 5.74) is -1.32. The zero-order chi connectivity index (χ0) is 22.3. The molecular weight excluding hydrogens is 435 g/mol. The second-order valence-corrected chi connectivity index (χ2v) is 9.78. The largest absolute Gasteiger partial charge is 1.00 e. The van der Waals surface area contributed by atoms with E-state index in [-0.39, 0.29) is 40.7 Å². The van der Waals surface area contributed by atoms with E-state index >= 15 is 0 Å². The fourth-order valence-electron chi connectivity index (χ4n) is 3.13. The summed E-state index contributed by atoms with van der Waals surface area (Å²) in [5, 5.41) is 10.3. The summed E-state index contributed by atoms with van der Waals surface area (Å²) in [6, 6.07) is 4.92. The summed E-state index contributed by atoms with van der Waals surface area (Å²) in [6.45, 7) is 4.94. The van der Waals surface area contributed by atoms with Gasteiger partial charge >= 0.3 is 35.5 Å². The first-order valence-electron chi connectivity index (χ1n) is 8.94. The van der Waals surface area contributed by atoms with E-state index in [2.05, 4.69) is 4.98 Å². The number of amides is 1. The molecule has 1 saturated heterocycles. The van der Waals surface area contributed by atoms with Crippen molar-refractivity contribution < 1.29 is 62.2 Å². The Kier molecular flexibility index (Phi) is 7.32. The number of esters is 1. The van der Waals surface area contributed by atoms with Crippen LogP contribution < -0.4 is 34.7 Å². The molecule has 0 saturated carbocycles. The van der Waals surface area contributed by atoms with E-state index < -0.39 is 50.1 Å². The van der Waals surface area contributed by atoms with Gasteiger partial charge in [0.15, 0.2) is 15.2 Å². The molecule has 2 aliphatic rings. The van der Waals surface area contributed by atoms with Crippen molar-refractivity contribution in [3.05, 3.63) is 59.1 Å². The average Bonchev–Trinajstić information content (AvgIpc) is 2.62. The molecule has 9 nitrogen and oxygen atoms in total. The summed E-state index contributed by atoms with van der Waals surface area (Å²) in [4.78, 5) is 40.9. The van der Waals surface area contributed by atoms with E-state index in [1.54, 1.807) is 39.0 Å². The van der Waals surface area contributed by atoms with Crippen LogP contribution in [0, 0.1) is 0 Å². The first-order chi connectivity index (χ1) is 13.9. The van der Waals surface area contributed by atoms with Gasteiger partial charge in [-0.15, -0.1) is 0 Å². The molecule has 0 spiro atoms. The Labute approximate surface area is 201 Å². The van der Waals surface area contributed by atoms with Crippen LogP contribution in [0.15, 0.2) is 53.4 Å². The molecular formula is C20H19N2NaO7S. The van der Waals surface area contributed by atoms with Gasteiger partial charge in [-0.05, 0) is 50.6 Å². The Morgan fingerprint density at radius 2 is 1.97 bits per heavy atom. The van der Waals surface area contributed by atoms with Gasteiger partial charge in [-0.25, -0.2) is 13.2 Å². The van der Waals surface area contributed by atoms with Gasteiger partial charge < -0.3 is 14.6 Å². The van der Waals surface area contributed by atoms with Gasteiger partial charge in [0, 0.05) is 12.3 Å². The number of carboxylic acid groups (broad SMARTS) is 1. The minimum Gasteiger partial charge on any atom is -0.543 e. The van der Waals surface area contributed by atoms with Gasteiger partial charge in [0.1, 0.15) is 5.60 Å². The minimum absolute atomic E-state index is 0. The van der Waals surface area contributed by atoms with Crippen LogP contribution in [0.2, 0.25) is 0 Å². The van der Waals surface area contributed by atoms with Crippen LogP contribution in [0.1, 0.15) is 26.5 Å². The Balaban J connectivity index is 0.00000341. The summed E-state index contributed by atoms with van der Waals surface area (Å²) in [5.74, 6) is -3.96. The normalized spacial score (nSPS) is 21.4. The Bertz CT molecular complexity index is 1120. The van der Waals surface area contributed by atoms with Crippen LogP contribution in [0.25, 0.3) is 6.08 Å². The molecule has 1 amide bonds. The van der Waals surface area contributed by atoms with Crippen molar-refractivity contribution in [2.45, 2.75) is 31.7 Å². The van der Waals surface area contributed by atoms with Crippen molar-refractivity contribution in [2.75, 3.05) is 5.75 Å². The molecule has 0 bridgehead atoms. The van der Waals surface area contributed by atoms with Crippen LogP contribution in [0.4, 0.5) is 0 Å². The van der Waals surface area contributed by atoms with Crippen molar-refractivity contribution in [2.24, 2.45) is 0 Å². The Morgan fingerprint density at radius 3 is 2.52 bits per heavy atom. The number of aromatic nitrogens is 1. The topological polar surface area (TPSA) is 134 Å². The quantitative estimate of drug-likeness (QED) is 0.203. The predicted octanol–water partition coefficient (Wildman–Crippen LogP) is -3.03. The maximum Gasteiger partial charge on any atom is 1.00 e. The second kappa shape index (κ2) is 9.07. The molecule has 0 N–H and O–H groups in total. The van der Waals surface area contributed by atoms with Crippen molar-refractivity contribution in [3.63, 3.8) is 0 Å². The van der Waals surface area contributed by atoms with Crippen molar-refractivity contribution >= 4 is 33.8 Å². The second-order valence-electron chi connectivity index (χ2n) is 7.72. The van der Waals surface area contributed by atoms with Gasteiger partial charge in [-0.1, -0.05) is 6.07 Å². The number of aliphatic carboxylic acids is 1. The zero-order valence-corrected chi connectivity index (χ0v) is 20.3. The van der Waals surface area contributed by atoms with Crippen LogP contribution in [0.3, 0.4) is 0 Å². The van der Waals surface area contributed by atoms with E-state index in [0.717, 1.165) is 12.2 Å². The number of carbonyl (C=O) groups is 3. The smallest absolute Gasteiger partial charge is 0.543 e. The van der Waals surface area contributed by atoms with E-state index in [0.29, 0.717) is 10.6 Å². The van der Waals surface area contributed by atoms with Crippen molar-refractivity contribution in [3.8, 4) is 0 Å². The first-order valence-corrected chi connectivity index (χ1v) is 10.7. The van der Waals surface area contributed by atoms with E-state index in [1.165, 1.54) is 12.3 Å². The predicted molar refractivity (Wildman–Crippen MR) is 104 cm³/mol. The van der Waals surface area contributed by atoms with Gasteiger partial charge in [-0.2, -0.15) is 0 Å². The summed E-state index contributed by atoms with van der Waals surface area (Å²) in [6.07, 6.45) is 4.75. The maximum atomic E-state index is 12.8. The SMILES string of the molecule is CC(C)(C)OC(=O)/C=C/C1=C(C(=O)[O-])N2C(=O)/C(=C/c3ccccn3)C2S(=O)(=O)C1.[Na+]. The van der Waals surface area contributed by atoms with E-state index in [1.807, 2.05) is 0 Å². The molecule has 11 heteroatoms. The summed E-state index contributed by atoms with van der Waals surface area (Å²) < 4.78 is 30.7. The van der Waals surface area contributed by atoms with Gasteiger partial charge in [0.05, 0.1) is 28.7 Å². The number of nitrogens with zero attached hydrogens (tertiary/aromatic N) is 2. The number of ether oxygens (including phenoxy) is 1. The summed E-state index contributed by atoms with van der Waals surface area (Å²) in [7, 11) is -3.97. The van der Waals surface area contributed by atoms with E-state index in [4.69, 9.17) is 4.74 Å². The summed E-state index contributed by atoms with van der Waals surface area (Å²) >= 11 is 0. The number of rotatable bonds is 4. The van der Waals surface area contributed by atoms with Gasteiger partial charge in [0.2, 0.25) is 0 Å². The molecule has 31 heavy (non-hydrogen) atoms. The third kappa shape index (κ3) is 5.32. The zero-order valence-electron chi connectivity index (χ0n) is 17.5. The van der Waals surface area contributed by atoms with Gasteiger partial charge in [-0.3, -0.25) is 14.7 Å². The molecule has 0 radical (unpaired) electrons. The molecule has 1 unspecified atom stereocenters. The number of carbonyl (C=O) groups excluding carboxylic acids is 3. The number of pyridine rings is 1. The molecule has 1 aromatic rings. The van der Waals surface area contributed by atoms with Crippen LogP contribution in [-0.4, -0.2) is 52.9 Å². The number of β-lactam (4-membered cyclic amide) rings is 1. The van der Waals surface area contributed by atoms with Crippen molar-refractivity contribution in [1.82, 2.24) is 9.88 Å². The van der Waals surface area contributed by atoms with Crippen LogP contribution in [-0.2, 0) is 29.0 Å². The fraction of sp³-hybridized carbons (Fsp3) is 0.300. The monoisotopic (exact) mass is 454 g/mol. The Morgan fingerprint density at radius 1 is 1.29 bits per heavy atom. The molecule has 0 aromatic carbocycles. The number of hydrogen-bond donors (Lipinski definition) is 0. The number of fused-ring (bicyclic) bond motifs is 1. The van der Waals surface area contributed by atoms with Crippen LogP contribution in [0.5, 0.6) is 0 Å². The minimum atomic E-state index is -3.97. The number of carboxylic acids is 1. The molecule has 158 valence electrons. The molecule has 3 rings (SSSR count). The molecule has 3 heterocycles. The Hall–Kier alpha value is -2.27. The fourth-order valence-corrected chi connectivity index (χ4v) is 5.03. The number of allylic oxidation sites excluding steroid dienone is 1. The molecule has 1 fully saturated rings. The number of hydrogen-bond acceptors (Lipinski definition) is 8. The third-order valence-corrected chi connectivity index (χ3v) is 6.08. The van der Waals surface area contributed by atoms with Gasteiger partial charge in [0.25, 0.3) is 5.91 Å². The third-order valence-electron chi connectivity index (χ3n) is 4.22. The molecule has 2 aliphatic heterocycles. The standard InChI is InChI=1S/C20H20N2O7S.Na/c1-20(2,3)29-15(23)8-7-12-11-30(27,28)18-14(10-13-6-4-5-9-21-13)17(24)22(18)16(12)19(25)26;/h4-10,18H,11H2,1-3H3,(H,25,26);/q;+1/p-1/b8-7+,14-10-;. The molecule has 1 atom stereocenters. The number of sulfone groups is 1.